The van der Waals surface area contributed by atoms with E-state index in [0.29, 0.717) is 31.7 Å². The molecule has 1 fully saturated rings. The number of aliphatic hydroxyl groups is 1. The van der Waals surface area contributed by atoms with Gasteiger partial charge in [-0.1, -0.05) is 0 Å². The van der Waals surface area contributed by atoms with E-state index >= 15 is 0 Å². The van der Waals surface area contributed by atoms with Crippen LogP contribution in [0.5, 0.6) is 0 Å². The second kappa shape index (κ2) is 6.04. The van der Waals surface area contributed by atoms with Crippen molar-refractivity contribution in [1.82, 2.24) is 8.61 Å². The zero-order valence-electron chi connectivity index (χ0n) is 11.0. The predicted molar refractivity (Wildman–Crippen MR) is 70.5 cm³/mol. The summed E-state index contributed by atoms with van der Waals surface area (Å²) >= 11 is 0. The average molecular weight is 288 g/mol. The van der Waals surface area contributed by atoms with Gasteiger partial charge in [-0.3, -0.25) is 0 Å². The standard InChI is InChI=1S/C12H20N2O4S/c1-13(9-12-3-2-8-18-12)19(16,17)14-6-4-11(10-15)5-7-14/h2-3,8,11,15H,4-7,9-10H2,1H3. The smallest absolute Gasteiger partial charge is 0.282 e. The highest BCUT2D eigenvalue weighted by atomic mass is 32.2. The third kappa shape index (κ3) is 3.36. The Morgan fingerprint density at radius 3 is 2.68 bits per heavy atom. The monoisotopic (exact) mass is 288 g/mol. The second-order valence-corrected chi connectivity index (χ2v) is 6.90. The van der Waals surface area contributed by atoms with Gasteiger partial charge in [0.25, 0.3) is 10.2 Å². The van der Waals surface area contributed by atoms with Gasteiger partial charge < -0.3 is 9.52 Å². The maximum Gasteiger partial charge on any atom is 0.282 e. The molecule has 1 aliphatic heterocycles. The SMILES string of the molecule is CN(Cc1ccco1)S(=O)(=O)N1CCC(CO)CC1. The molecule has 19 heavy (non-hydrogen) atoms. The molecule has 0 unspecified atom stereocenters. The molecule has 1 saturated heterocycles. The van der Waals surface area contributed by atoms with Gasteiger partial charge in [0.15, 0.2) is 0 Å². The van der Waals surface area contributed by atoms with E-state index in [1.165, 1.54) is 14.9 Å². The van der Waals surface area contributed by atoms with Gasteiger partial charge in [-0.15, -0.1) is 0 Å². The molecule has 1 aromatic rings. The first-order valence-corrected chi connectivity index (χ1v) is 7.78. The van der Waals surface area contributed by atoms with Crippen LogP contribution in [0.1, 0.15) is 18.6 Å². The average Bonchev–Trinajstić information content (AvgIpc) is 2.91. The van der Waals surface area contributed by atoms with Crippen molar-refractivity contribution in [3.8, 4) is 0 Å². The summed E-state index contributed by atoms with van der Waals surface area (Å²) in [4.78, 5) is 0. The summed E-state index contributed by atoms with van der Waals surface area (Å²) in [6.07, 6.45) is 2.96. The molecule has 0 amide bonds. The second-order valence-electron chi connectivity index (χ2n) is 4.87. The first-order valence-electron chi connectivity index (χ1n) is 6.38. The molecular formula is C12H20N2O4S. The van der Waals surface area contributed by atoms with E-state index in [1.807, 2.05) is 0 Å². The van der Waals surface area contributed by atoms with Crippen LogP contribution in [0.15, 0.2) is 22.8 Å². The number of piperidine rings is 1. The molecule has 2 heterocycles. The van der Waals surface area contributed by atoms with Gasteiger partial charge in [0.2, 0.25) is 0 Å². The fourth-order valence-electron chi connectivity index (χ4n) is 2.22. The number of hydrogen-bond acceptors (Lipinski definition) is 4. The Labute approximate surface area is 113 Å². The minimum absolute atomic E-state index is 0.135. The summed E-state index contributed by atoms with van der Waals surface area (Å²) in [6.45, 7) is 1.30. The molecule has 0 aliphatic carbocycles. The van der Waals surface area contributed by atoms with Crippen molar-refractivity contribution in [2.24, 2.45) is 5.92 Å². The van der Waals surface area contributed by atoms with Crippen LogP contribution >= 0.6 is 0 Å². The summed E-state index contributed by atoms with van der Waals surface area (Å²) < 4.78 is 32.6. The fraction of sp³-hybridized carbons (Fsp3) is 0.667. The molecule has 1 aromatic heterocycles. The van der Waals surface area contributed by atoms with Crippen molar-refractivity contribution in [2.75, 3.05) is 26.7 Å². The number of furan rings is 1. The Bertz CT molecular complexity index is 478. The number of aliphatic hydroxyl groups excluding tert-OH is 1. The topological polar surface area (TPSA) is 74.0 Å². The largest absolute Gasteiger partial charge is 0.468 e. The van der Waals surface area contributed by atoms with E-state index in [9.17, 15) is 8.42 Å². The van der Waals surface area contributed by atoms with Gasteiger partial charge in [-0.25, -0.2) is 0 Å². The zero-order valence-corrected chi connectivity index (χ0v) is 11.8. The minimum atomic E-state index is -3.44. The zero-order chi connectivity index (χ0) is 13.9. The van der Waals surface area contributed by atoms with Crippen LogP contribution in [0.4, 0.5) is 0 Å². The lowest BCUT2D eigenvalue weighted by atomic mass is 10.00. The third-order valence-corrected chi connectivity index (χ3v) is 5.45. The fourth-order valence-corrected chi connectivity index (χ4v) is 3.58. The lowest BCUT2D eigenvalue weighted by Crippen LogP contribution is -2.45. The Hall–Kier alpha value is -0.890. The molecule has 0 radical (unpaired) electrons. The quantitative estimate of drug-likeness (QED) is 0.864. The van der Waals surface area contributed by atoms with Gasteiger partial charge in [0.1, 0.15) is 5.76 Å². The van der Waals surface area contributed by atoms with Crippen molar-refractivity contribution >= 4 is 10.2 Å². The molecule has 7 heteroatoms. The highest BCUT2D eigenvalue weighted by Gasteiger charge is 2.31. The van der Waals surface area contributed by atoms with E-state index in [2.05, 4.69) is 0 Å². The first kappa shape index (κ1) is 14.5. The van der Waals surface area contributed by atoms with E-state index in [4.69, 9.17) is 9.52 Å². The van der Waals surface area contributed by atoms with Gasteiger partial charge in [0, 0.05) is 26.7 Å². The Morgan fingerprint density at radius 2 is 2.16 bits per heavy atom. The van der Waals surface area contributed by atoms with Gasteiger partial charge in [-0.05, 0) is 30.9 Å². The van der Waals surface area contributed by atoms with Crippen molar-refractivity contribution in [3.63, 3.8) is 0 Å². The number of nitrogens with zero attached hydrogens (tertiary/aromatic N) is 2. The molecule has 0 spiro atoms. The van der Waals surface area contributed by atoms with Gasteiger partial charge in [0.05, 0.1) is 12.8 Å². The normalized spacial score (nSPS) is 19.1. The summed E-state index contributed by atoms with van der Waals surface area (Å²) in [6, 6.07) is 3.49. The molecule has 2 rings (SSSR count). The Balaban J connectivity index is 1.98. The summed E-state index contributed by atoms with van der Waals surface area (Å²) in [7, 11) is -1.89. The van der Waals surface area contributed by atoms with Crippen molar-refractivity contribution in [3.05, 3.63) is 24.2 Å². The Kier molecular flexibility index (Phi) is 4.62. The molecule has 108 valence electrons. The van der Waals surface area contributed by atoms with E-state index < -0.39 is 10.2 Å². The van der Waals surface area contributed by atoms with Crippen molar-refractivity contribution in [2.45, 2.75) is 19.4 Å². The number of hydrogen-bond donors (Lipinski definition) is 1. The maximum atomic E-state index is 12.4. The minimum Gasteiger partial charge on any atom is -0.468 e. The molecule has 6 nitrogen and oxygen atoms in total. The van der Waals surface area contributed by atoms with E-state index in [-0.39, 0.29) is 19.1 Å². The molecule has 0 atom stereocenters. The summed E-state index contributed by atoms with van der Waals surface area (Å²) in [5.74, 6) is 0.846. The van der Waals surface area contributed by atoms with Crippen LogP contribution in [0, 0.1) is 5.92 Å². The predicted octanol–water partition coefficient (Wildman–Crippen LogP) is 0.661. The maximum absolute atomic E-state index is 12.4. The summed E-state index contributed by atoms with van der Waals surface area (Å²) in [5.41, 5.74) is 0. The van der Waals surface area contributed by atoms with Crippen molar-refractivity contribution < 1.29 is 17.9 Å². The van der Waals surface area contributed by atoms with Gasteiger partial charge >= 0.3 is 0 Å². The highest BCUT2D eigenvalue weighted by Crippen LogP contribution is 2.21. The van der Waals surface area contributed by atoms with Crippen LogP contribution in [0.3, 0.4) is 0 Å². The molecule has 0 saturated carbocycles. The van der Waals surface area contributed by atoms with Crippen LogP contribution in [0.2, 0.25) is 0 Å². The lowest BCUT2D eigenvalue weighted by Gasteiger charge is -2.32. The molecular weight excluding hydrogens is 268 g/mol. The molecule has 0 bridgehead atoms. The molecule has 1 N–H and O–H groups in total. The van der Waals surface area contributed by atoms with Crippen LogP contribution in [0.25, 0.3) is 0 Å². The summed E-state index contributed by atoms with van der Waals surface area (Å²) in [5, 5.41) is 9.07. The van der Waals surface area contributed by atoms with E-state index in [0.717, 1.165) is 0 Å². The number of rotatable bonds is 5. The highest BCUT2D eigenvalue weighted by molar-refractivity contribution is 7.86. The third-order valence-electron chi connectivity index (χ3n) is 3.51. The molecule has 0 aromatic carbocycles. The van der Waals surface area contributed by atoms with Crippen LogP contribution in [-0.2, 0) is 16.8 Å². The lowest BCUT2D eigenvalue weighted by molar-refractivity contribution is 0.166. The van der Waals surface area contributed by atoms with Crippen LogP contribution < -0.4 is 0 Å². The Morgan fingerprint density at radius 1 is 1.47 bits per heavy atom. The van der Waals surface area contributed by atoms with Crippen molar-refractivity contribution in [1.29, 1.82) is 0 Å². The van der Waals surface area contributed by atoms with Crippen LogP contribution in [-0.4, -0.2) is 48.9 Å². The van der Waals surface area contributed by atoms with Gasteiger partial charge in [-0.2, -0.15) is 17.0 Å². The molecule has 1 aliphatic rings. The van der Waals surface area contributed by atoms with E-state index in [1.54, 1.807) is 19.2 Å². The first-order chi connectivity index (χ1) is 9.04.